The zero-order chi connectivity index (χ0) is 13.8. The fraction of sp³-hybridized carbons (Fsp3) is 0.615. The van der Waals surface area contributed by atoms with Crippen molar-refractivity contribution in [1.29, 1.82) is 0 Å². The lowest BCUT2D eigenvalue weighted by atomic mass is 10.1. The van der Waals surface area contributed by atoms with Crippen LogP contribution in [-0.2, 0) is 6.54 Å². The Hall–Kier alpha value is -1.69. The first-order chi connectivity index (χ1) is 9.11. The van der Waals surface area contributed by atoms with E-state index in [0.717, 1.165) is 19.3 Å². The highest BCUT2D eigenvalue weighted by Gasteiger charge is 2.24. The van der Waals surface area contributed by atoms with Crippen LogP contribution in [-0.4, -0.2) is 44.9 Å². The van der Waals surface area contributed by atoms with Crippen LogP contribution in [0.1, 0.15) is 36.7 Å². The highest BCUT2D eigenvalue weighted by atomic mass is 16.3. The van der Waals surface area contributed by atoms with Gasteiger partial charge in [-0.3, -0.25) is 9.59 Å². The number of carbonyl (C=O) groups excluding carboxylic acids is 1. The lowest BCUT2D eigenvalue weighted by Gasteiger charge is -2.29. The molecule has 0 saturated carbocycles. The molecule has 2 rings (SSSR count). The van der Waals surface area contributed by atoms with Crippen LogP contribution in [0.25, 0.3) is 0 Å². The molecule has 104 valence electrons. The van der Waals surface area contributed by atoms with Crippen molar-refractivity contribution in [3.05, 3.63) is 28.2 Å². The SMILES string of the molecule is CCCn1nc(C(=O)N2CCCC(O)C2)ccc1=O. The molecule has 1 aliphatic rings. The molecule has 0 aliphatic carbocycles. The van der Waals surface area contributed by atoms with Crippen LogP contribution in [0, 0.1) is 0 Å². The highest BCUT2D eigenvalue weighted by Crippen LogP contribution is 2.12. The van der Waals surface area contributed by atoms with E-state index in [-0.39, 0.29) is 17.2 Å². The molecule has 1 unspecified atom stereocenters. The first-order valence-corrected chi connectivity index (χ1v) is 6.67. The predicted molar refractivity (Wildman–Crippen MR) is 69.9 cm³/mol. The Balaban J connectivity index is 2.18. The van der Waals surface area contributed by atoms with E-state index in [1.54, 1.807) is 4.90 Å². The van der Waals surface area contributed by atoms with Gasteiger partial charge in [0.05, 0.1) is 6.10 Å². The zero-order valence-electron chi connectivity index (χ0n) is 11.1. The maximum absolute atomic E-state index is 12.2. The van der Waals surface area contributed by atoms with E-state index in [1.165, 1.54) is 16.8 Å². The fourth-order valence-electron chi connectivity index (χ4n) is 2.24. The first-order valence-electron chi connectivity index (χ1n) is 6.67. The van der Waals surface area contributed by atoms with Gasteiger partial charge < -0.3 is 10.0 Å². The van der Waals surface area contributed by atoms with Gasteiger partial charge in [-0.1, -0.05) is 6.92 Å². The van der Waals surface area contributed by atoms with Gasteiger partial charge in [0.2, 0.25) is 0 Å². The molecule has 0 spiro atoms. The van der Waals surface area contributed by atoms with Crippen molar-refractivity contribution in [2.24, 2.45) is 0 Å². The summed E-state index contributed by atoms with van der Waals surface area (Å²) >= 11 is 0. The fourth-order valence-corrected chi connectivity index (χ4v) is 2.24. The summed E-state index contributed by atoms with van der Waals surface area (Å²) in [7, 11) is 0. The van der Waals surface area contributed by atoms with E-state index in [1.807, 2.05) is 6.92 Å². The second-order valence-corrected chi connectivity index (χ2v) is 4.83. The molecule has 19 heavy (non-hydrogen) atoms. The van der Waals surface area contributed by atoms with Crippen molar-refractivity contribution in [3.63, 3.8) is 0 Å². The Kier molecular flexibility index (Phi) is 4.31. The number of hydrogen-bond donors (Lipinski definition) is 1. The number of β-amino-alcohol motifs (C(OH)–C–C–N with tert-alkyl or cyclic N) is 1. The van der Waals surface area contributed by atoms with Gasteiger partial charge in [0, 0.05) is 25.7 Å². The third-order valence-corrected chi connectivity index (χ3v) is 3.20. The van der Waals surface area contributed by atoms with E-state index in [0.29, 0.717) is 19.6 Å². The largest absolute Gasteiger partial charge is 0.391 e. The molecule has 2 heterocycles. The third-order valence-electron chi connectivity index (χ3n) is 3.20. The number of nitrogens with zero attached hydrogens (tertiary/aromatic N) is 3. The summed E-state index contributed by atoms with van der Waals surface area (Å²) in [5.74, 6) is -0.219. The second-order valence-electron chi connectivity index (χ2n) is 4.83. The van der Waals surface area contributed by atoms with Crippen LogP contribution < -0.4 is 5.56 Å². The maximum Gasteiger partial charge on any atom is 0.274 e. The molecule has 1 aromatic heterocycles. The van der Waals surface area contributed by atoms with Crippen LogP contribution in [0.15, 0.2) is 16.9 Å². The molecule has 1 amide bonds. The van der Waals surface area contributed by atoms with Crippen molar-refractivity contribution in [3.8, 4) is 0 Å². The molecule has 6 nitrogen and oxygen atoms in total. The molecule has 1 atom stereocenters. The van der Waals surface area contributed by atoms with E-state index in [9.17, 15) is 14.7 Å². The molecule has 1 fully saturated rings. The molecule has 1 aromatic rings. The van der Waals surface area contributed by atoms with Crippen LogP contribution >= 0.6 is 0 Å². The van der Waals surface area contributed by atoms with Gasteiger partial charge >= 0.3 is 0 Å². The summed E-state index contributed by atoms with van der Waals surface area (Å²) in [5, 5.41) is 13.7. The van der Waals surface area contributed by atoms with E-state index in [4.69, 9.17) is 0 Å². The standard InChI is InChI=1S/C13H19N3O3/c1-2-7-16-12(18)6-5-11(14-16)13(19)15-8-3-4-10(17)9-15/h5-6,10,17H,2-4,7-9H2,1H3. The average Bonchev–Trinajstić information content (AvgIpc) is 2.41. The Labute approximate surface area is 111 Å². The number of piperidine rings is 1. The summed E-state index contributed by atoms with van der Waals surface area (Å²) in [6.07, 6.45) is 1.85. The molecule has 1 N–H and O–H groups in total. The molecule has 6 heteroatoms. The lowest BCUT2D eigenvalue weighted by molar-refractivity contribution is 0.0466. The monoisotopic (exact) mass is 265 g/mol. The van der Waals surface area contributed by atoms with E-state index >= 15 is 0 Å². The summed E-state index contributed by atoms with van der Waals surface area (Å²) in [6, 6.07) is 2.83. The van der Waals surface area contributed by atoms with Crippen LogP contribution in [0.5, 0.6) is 0 Å². The number of aliphatic hydroxyl groups excluding tert-OH is 1. The summed E-state index contributed by atoms with van der Waals surface area (Å²) in [4.78, 5) is 25.4. The molecule has 0 radical (unpaired) electrons. The number of carbonyl (C=O) groups is 1. The van der Waals surface area contributed by atoms with Gasteiger partial charge in [0.1, 0.15) is 5.69 Å². The minimum Gasteiger partial charge on any atom is -0.391 e. The second kappa shape index (κ2) is 5.97. The van der Waals surface area contributed by atoms with Crippen molar-refractivity contribution < 1.29 is 9.90 Å². The van der Waals surface area contributed by atoms with Gasteiger partial charge in [-0.25, -0.2) is 4.68 Å². The number of likely N-dealkylation sites (tertiary alicyclic amines) is 1. The molecule has 0 aromatic carbocycles. The number of hydrogen-bond acceptors (Lipinski definition) is 4. The number of aromatic nitrogens is 2. The maximum atomic E-state index is 12.2. The van der Waals surface area contributed by atoms with Gasteiger partial charge in [-0.05, 0) is 25.3 Å². The molecular weight excluding hydrogens is 246 g/mol. The third kappa shape index (κ3) is 3.20. The van der Waals surface area contributed by atoms with Crippen LogP contribution in [0.2, 0.25) is 0 Å². The summed E-state index contributed by atoms with van der Waals surface area (Å²) in [5.41, 5.74) is 0.0687. The van der Waals surface area contributed by atoms with Crippen molar-refractivity contribution in [2.45, 2.75) is 38.8 Å². The minimum atomic E-state index is -0.459. The van der Waals surface area contributed by atoms with Gasteiger partial charge in [0.25, 0.3) is 11.5 Å². The number of aryl methyl sites for hydroxylation is 1. The Morgan fingerprint density at radius 3 is 3.00 bits per heavy atom. The molecule has 0 bridgehead atoms. The number of aliphatic hydroxyl groups is 1. The smallest absolute Gasteiger partial charge is 0.274 e. The number of rotatable bonds is 3. The Morgan fingerprint density at radius 1 is 1.53 bits per heavy atom. The van der Waals surface area contributed by atoms with Crippen molar-refractivity contribution >= 4 is 5.91 Å². The quantitative estimate of drug-likeness (QED) is 0.850. The predicted octanol–water partition coefficient (Wildman–Crippen LogP) is 0.250. The molecular formula is C13H19N3O3. The van der Waals surface area contributed by atoms with Gasteiger partial charge in [-0.15, -0.1) is 0 Å². The van der Waals surface area contributed by atoms with E-state index in [2.05, 4.69) is 5.10 Å². The Bertz CT molecular complexity index is 512. The van der Waals surface area contributed by atoms with Crippen LogP contribution in [0.3, 0.4) is 0 Å². The lowest BCUT2D eigenvalue weighted by Crippen LogP contribution is -2.43. The summed E-state index contributed by atoms with van der Waals surface area (Å²) in [6.45, 7) is 3.42. The molecule has 1 saturated heterocycles. The van der Waals surface area contributed by atoms with Crippen molar-refractivity contribution in [1.82, 2.24) is 14.7 Å². The van der Waals surface area contributed by atoms with Crippen molar-refractivity contribution in [2.75, 3.05) is 13.1 Å². The van der Waals surface area contributed by atoms with Crippen LogP contribution in [0.4, 0.5) is 0 Å². The summed E-state index contributed by atoms with van der Waals surface area (Å²) < 4.78 is 1.31. The van der Waals surface area contributed by atoms with Gasteiger partial charge in [-0.2, -0.15) is 5.10 Å². The minimum absolute atomic E-state index is 0.197. The van der Waals surface area contributed by atoms with Gasteiger partial charge in [0.15, 0.2) is 0 Å². The normalized spacial score (nSPS) is 19.5. The Morgan fingerprint density at radius 2 is 2.32 bits per heavy atom. The molecule has 1 aliphatic heterocycles. The first kappa shape index (κ1) is 13.7. The van der Waals surface area contributed by atoms with E-state index < -0.39 is 6.10 Å². The topological polar surface area (TPSA) is 75.4 Å². The number of amides is 1. The highest BCUT2D eigenvalue weighted by molar-refractivity contribution is 5.92. The zero-order valence-corrected chi connectivity index (χ0v) is 11.1. The average molecular weight is 265 g/mol.